The van der Waals surface area contributed by atoms with E-state index < -0.39 is 0 Å². The lowest BCUT2D eigenvalue weighted by Crippen LogP contribution is -2.49. The lowest BCUT2D eigenvalue weighted by Gasteiger charge is -2.37. The summed E-state index contributed by atoms with van der Waals surface area (Å²) in [5, 5.41) is 11.2. The van der Waals surface area contributed by atoms with E-state index in [2.05, 4.69) is 72.6 Å². The van der Waals surface area contributed by atoms with Gasteiger partial charge in [-0.15, -0.1) is 0 Å². The summed E-state index contributed by atoms with van der Waals surface area (Å²) in [5.41, 5.74) is 2.25. The summed E-state index contributed by atoms with van der Waals surface area (Å²) in [7, 11) is 0. The molecule has 7 heteroatoms. The molecule has 2 heterocycles. The van der Waals surface area contributed by atoms with Gasteiger partial charge in [0.05, 0.1) is 31.5 Å². The molecule has 3 rings (SSSR count). The van der Waals surface area contributed by atoms with E-state index in [4.69, 9.17) is 9.73 Å². The zero-order valence-corrected chi connectivity index (χ0v) is 18.0. The van der Waals surface area contributed by atoms with Gasteiger partial charge in [0.25, 0.3) is 0 Å². The molecule has 1 aromatic heterocycles. The third-order valence-corrected chi connectivity index (χ3v) is 5.34. The van der Waals surface area contributed by atoms with Crippen molar-refractivity contribution in [2.75, 3.05) is 32.8 Å². The minimum Gasteiger partial charge on any atom is -0.379 e. The number of guanidine groups is 1. The van der Waals surface area contributed by atoms with Crippen molar-refractivity contribution in [3.63, 3.8) is 0 Å². The second-order valence-electron chi connectivity index (χ2n) is 7.64. The summed E-state index contributed by atoms with van der Waals surface area (Å²) >= 11 is 0. The Labute approximate surface area is 174 Å². The van der Waals surface area contributed by atoms with Gasteiger partial charge in [0.2, 0.25) is 0 Å². The molecule has 3 unspecified atom stereocenters. The summed E-state index contributed by atoms with van der Waals surface area (Å²) < 4.78 is 7.43. The average Bonchev–Trinajstić information content (AvgIpc) is 3.27. The van der Waals surface area contributed by atoms with Crippen LogP contribution in [0.1, 0.15) is 39.3 Å². The Bertz CT molecular complexity index is 775. The fraction of sp³-hybridized carbons (Fsp3) is 0.545. The highest BCUT2D eigenvalue weighted by atomic mass is 16.5. The molecule has 0 aliphatic carbocycles. The number of nitrogens with zero attached hydrogens (tertiary/aromatic N) is 4. The summed E-state index contributed by atoms with van der Waals surface area (Å²) in [4.78, 5) is 7.33. The molecular weight excluding hydrogens is 364 g/mol. The fourth-order valence-corrected chi connectivity index (χ4v) is 3.69. The van der Waals surface area contributed by atoms with E-state index in [9.17, 15) is 0 Å². The molecule has 7 nitrogen and oxygen atoms in total. The van der Waals surface area contributed by atoms with Gasteiger partial charge in [-0.3, -0.25) is 9.89 Å². The lowest BCUT2D eigenvalue weighted by molar-refractivity contribution is -0.0165. The number of aromatic nitrogens is 2. The molecule has 2 N–H and O–H groups in total. The molecular formula is C22H34N6O. The van der Waals surface area contributed by atoms with Crippen LogP contribution in [-0.4, -0.2) is 65.6 Å². The predicted octanol–water partition coefficient (Wildman–Crippen LogP) is 2.60. The standard InChI is InChI=1S/C22H34N6O/c1-5-23-22(24-15-17(2)27-12-13-29-16-18(27)3)26-19(4)20-8-6-9-21(14-20)28-11-7-10-25-28/h6-11,14,17-19H,5,12-13,15-16H2,1-4H3,(H2,23,24,26). The van der Waals surface area contributed by atoms with Crippen molar-refractivity contribution < 1.29 is 4.74 Å². The second-order valence-corrected chi connectivity index (χ2v) is 7.64. The summed E-state index contributed by atoms with van der Waals surface area (Å²) in [6.07, 6.45) is 3.75. The molecule has 3 atom stereocenters. The molecule has 1 aromatic carbocycles. The molecule has 0 amide bonds. The third kappa shape index (κ3) is 5.81. The molecule has 1 saturated heterocycles. The van der Waals surface area contributed by atoms with Crippen LogP contribution in [0.25, 0.3) is 5.69 Å². The molecule has 158 valence electrons. The van der Waals surface area contributed by atoms with Crippen LogP contribution in [0.3, 0.4) is 0 Å². The monoisotopic (exact) mass is 398 g/mol. The Hall–Kier alpha value is -2.38. The van der Waals surface area contributed by atoms with Gasteiger partial charge in [-0.05, 0) is 51.5 Å². The smallest absolute Gasteiger partial charge is 0.191 e. The Morgan fingerprint density at radius 3 is 2.93 bits per heavy atom. The molecule has 1 aliphatic heterocycles. The van der Waals surface area contributed by atoms with Gasteiger partial charge in [-0.2, -0.15) is 5.10 Å². The average molecular weight is 399 g/mol. The van der Waals surface area contributed by atoms with Crippen LogP contribution in [0.4, 0.5) is 0 Å². The Kier molecular flexibility index (Phi) is 7.66. The van der Waals surface area contributed by atoms with Gasteiger partial charge in [0.15, 0.2) is 5.96 Å². The molecule has 1 fully saturated rings. The van der Waals surface area contributed by atoms with Crippen LogP contribution in [0.5, 0.6) is 0 Å². The van der Waals surface area contributed by atoms with Crippen molar-refractivity contribution in [2.45, 2.75) is 45.8 Å². The van der Waals surface area contributed by atoms with E-state index in [1.165, 1.54) is 5.56 Å². The van der Waals surface area contributed by atoms with Crippen LogP contribution >= 0.6 is 0 Å². The molecule has 0 saturated carbocycles. The third-order valence-electron chi connectivity index (χ3n) is 5.34. The van der Waals surface area contributed by atoms with Crippen molar-refractivity contribution in [1.29, 1.82) is 0 Å². The van der Waals surface area contributed by atoms with E-state index >= 15 is 0 Å². The molecule has 2 aromatic rings. The van der Waals surface area contributed by atoms with Crippen LogP contribution in [0, 0.1) is 0 Å². The normalized spacial score (nSPS) is 20.3. The van der Waals surface area contributed by atoms with Crippen LogP contribution in [0.2, 0.25) is 0 Å². The number of ether oxygens (including phenoxy) is 1. The van der Waals surface area contributed by atoms with Gasteiger partial charge >= 0.3 is 0 Å². The summed E-state index contributed by atoms with van der Waals surface area (Å²) in [5.74, 6) is 0.845. The van der Waals surface area contributed by atoms with Crippen molar-refractivity contribution in [1.82, 2.24) is 25.3 Å². The first kappa shape index (κ1) is 21.3. The maximum Gasteiger partial charge on any atom is 0.191 e. The minimum atomic E-state index is 0.126. The molecule has 1 aliphatic rings. The zero-order valence-electron chi connectivity index (χ0n) is 18.0. The molecule has 0 bridgehead atoms. The number of aliphatic imine (C=N–C) groups is 1. The van der Waals surface area contributed by atoms with Crippen molar-refractivity contribution in [3.05, 3.63) is 48.3 Å². The molecule has 0 spiro atoms. The quantitative estimate of drug-likeness (QED) is 0.554. The Balaban J connectivity index is 1.65. The number of hydrogen-bond donors (Lipinski definition) is 2. The first-order valence-electron chi connectivity index (χ1n) is 10.6. The van der Waals surface area contributed by atoms with Gasteiger partial charge < -0.3 is 15.4 Å². The van der Waals surface area contributed by atoms with Crippen LogP contribution in [-0.2, 0) is 4.74 Å². The largest absolute Gasteiger partial charge is 0.379 e. The molecule has 0 radical (unpaired) electrons. The van der Waals surface area contributed by atoms with Gasteiger partial charge in [-0.1, -0.05) is 12.1 Å². The molecule has 29 heavy (non-hydrogen) atoms. The van der Waals surface area contributed by atoms with Crippen molar-refractivity contribution >= 4 is 5.96 Å². The lowest BCUT2D eigenvalue weighted by atomic mass is 10.1. The summed E-state index contributed by atoms with van der Waals surface area (Å²) in [6, 6.07) is 11.3. The zero-order chi connectivity index (χ0) is 20.6. The number of nitrogens with one attached hydrogen (secondary N) is 2. The highest BCUT2D eigenvalue weighted by Crippen LogP contribution is 2.16. The van der Waals surface area contributed by atoms with E-state index in [1.54, 1.807) is 6.20 Å². The first-order chi connectivity index (χ1) is 14.1. The number of morpholine rings is 1. The Morgan fingerprint density at radius 2 is 2.21 bits per heavy atom. The fourth-order valence-electron chi connectivity index (χ4n) is 3.69. The Morgan fingerprint density at radius 1 is 1.34 bits per heavy atom. The predicted molar refractivity (Wildman–Crippen MR) is 118 cm³/mol. The highest BCUT2D eigenvalue weighted by Gasteiger charge is 2.23. The second kappa shape index (κ2) is 10.4. The van der Waals surface area contributed by atoms with Gasteiger partial charge in [0, 0.05) is 37.6 Å². The highest BCUT2D eigenvalue weighted by molar-refractivity contribution is 5.80. The number of hydrogen-bond acceptors (Lipinski definition) is 4. The van der Waals surface area contributed by atoms with Gasteiger partial charge in [-0.25, -0.2) is 4.68 Å². The van der Waals surface area contributed by atoms with Gasteiger partial charge in [0.1, 0.15) is 0 Å². The SMILES string of the molecule is CCNC(=NCC(C)N1CCOCC1C)NC(C)c1cccc(-n2cccn2)c1. The topological polar surface area (TPSA) is 66.7 Å². The van der Waals surface area contributed by atoms with E-state index in [0.717, 1.165) is 44.5 Å². The van der Waals surface area contributed by atoms with Crippen LogP contribution in [0.15, 0.2) is 47.7 Å². The summed E-state index contributed by atoms with van der Waals surface area (Å²) in [6.45, 7) is 12.9. The van der Waals surface area contributed by atoms with Crippen LogP contribution < -0.4 is 10.6 Å². The van der Waals surface area contributed by atoms with E-state index in [1.807, 2.05) is 16.9 Å². The van der Waals surface area contributed by atoms with Crippen molar-refractivity contribution in [2.24, 2.45) is 4.99 Å². The van der Waals surface area contributed by atoms with E-state index in [0.29, 0.717) is 12.1 Å². The number of benzene rings is 1. The number of rotatable bonds is 7. The minimum absolute atomic E-state index is 0.126. The van der Waals surface area contributed by atoms with Crippen molar-refractivity contribution in [3.8, 4) is 5.69 Å². The first-order valence-corrected chi connectivity index (χ1v) is 10.6. The van der Waals surface area contributed by atoms with E-state index in [-0.39, 0.29) is 6.04 Å². The maximum absolute atomic E-state index is 5.56. The maximum atomic E-state index is 5.56.